The monoisotopic (exact) mass is 398 g/mol. The van der Waals surface area contributed by atoms with E-state index in [-0.39, 0.29) is 10.9 Å². The molecule has 1 heterocycles. The van der Waals surface area contributed by atoms with Crippen molar-refractivity contribution in [2.45, 2.75) is 11.4 Å². The summed E-state index contributed by atoms with van der Waals surface area (Å²) in [5.41, 5.74) is 0.992. The van der Waals surface area contributed by atoms with Gasteiger partial charge in [0.15, 0.2) is 0 Å². The van der Waals surface area contributed by atoms with E-state index in [0.29, 0.717) is 29.9 Å². The number of sulfonamides is 1. The van der Waals surface area contributed by atoms with E-state index in [1.807, 2.05) is 29.2 Å². The highest BCUT2D eigenvalue weighted by Crippen LogP contribution is 2.17. The van der Waals surface area contributed by atoms with Gasteiger partial charge in [0.1, 0.15) is 0 Å². The maximum Gasteiger partial charge on any atom is 0.264 e. The lowest BCUT2D eigenvalue weighted by Crippen LogP contribution is -2.49. The number of hydrogen-bond acceptors (Lipinski definition) is 5. The lowest BCUT2D eigenvalue weighted by molar-refractivity contribution is 0.255. The first kappa shape index (κ1) is 18.0. The van der Waals surface area contributed by atoms with Gasteiger partial charge in [-0.3, -0.25) is 4.90 Å². The van der Waals surface area contributed by atoms with Crippen LogP contribution in [0.4, 0.5) is 0 Å². The average Bonchev–Trinajstić information content (AvgIpc) is 2.59. The van der Waals surface area contributed by atoms with Gasteiger partial charge in [-0.15, -0.1) is 0 Å². The van der Waals surface area contributed by atoms with Crippen LogP contribution in [-0.2, 0) is 16.6 Å². The third-order valence-electron chi connectivity index (χ3n) is 3.61. The Bertz CT molecular complexity index is 885. The van der Waals surface area contributed by atoms with Crippen LogP contribution in [0, 0.1) is 0 Å². The molecule has 2 N–H and O–H groups in total. The van der Waals surface area contributed by atoms with Gasteiger partial charge in [0.2, 0.25) is 5.96 Å². The molecular formula is C16H16Cl2N4O2S. The van der Waals surface area contributed by atoms with E-state index in [2.05, 4.69) is 15.0 Å². The predicted molar refractivity (Wildman–Crippen MR) is 99.1 cm³/mol. The van der Waals surface area contributed by atoms with Gasteiger partial charge in [0, 0.05) is 16.6 Å². The SMILES string of the molecule is O=S(=O)(NC1=NCN(Cc2ccccc2Cl)CN1)c1ccc(Cl)cc1. The molecule has 0 aromatic heterocycles. The molecule has 132 valence electrons. The Morgan fingerprint density at radius 2 is 1.84 bits per heavy atom. The van der Waals surface area contributed by atoms with Crippen LogP contribution in [0.15, 0.2) is 58.4 Å². The molecule has 3 rings (SSSR count). The first-order chi connectivity index (χ1) is 11.9. The third-order valence-corrected chi connectivity index (χ3v) is 5.58. The van der Waals surface area contributed by atoms with Gasteiger partial charge in [-0.2, -0.15) is 0 Å². The number of halogens is 2. The summed E-state index contributed by atoms with van der Waals surface area (Å²) < 4.78 is 27.1. The van der Waals surface area contributed by atoms with E-state index in [1.165, 1.54) is 24.3 Å². The van der Waals surface area contributed by atoms with E-state index in [0.717, 1.165) is 5.56 Å². The topological polar surface area (TPSA) is 73.8 Å². The molecule has 6 nitrogen and oxygen atoms in total. The Morgan fingerprint density at radius 3 is 2.48 bits per heavy atom. The molecule has 0 atom stereocenters. The number of benzene rings is 2. The Morgan fingerprint density at radius 1 is 1.12 bits per heavy atom. The summed E-state index contributed by atoms with van der Waals surface area (Å²) in [4.78, 5) is 6.36. The lowest BCUT2D eigenvalue weighted by Gasteiger charge is -2.27. The van der Waals surface area contributed by atoms with Gasteiger partial charge in [0.25, 0.3) is 10.0 Å². The molecule has 0 saturated carbocycles. The summed E-state index contributed by atoms with van der Waals surface area (Å²) in [7, 11) is -3.70. The van der Waals surface area contributed by atoms with Crippen molar-refractivity contribution in [3.8, 4) is 0 Å². The molecule has 1 aliphatic heterocycles. The molecule has 0 radical (unpaired) electrons. The molecule has 1 aliphatic rings. The van der Waals surface area contributed by atoms with Gasteiger partial charge in [-0.05, 0) is 35.9 Å². The van der Waals surface area contributed by atoms with E-state index in [4.69, 9.17) is 23.2 Å². The fraction of sp³-hybridized carbons (Fsp3) is 0.188. The van der Waals surface area contributed by atoms with E-state index in [9.17, 15) is 8.42 Å². The largest absolute Gasteiger partial charge is 0.343 e. The first-order valence-electron chi connectivity index (χ1n) is 7.46. The molecule has 0 spiro atoms. The van der Waals surface area contributed by atoms with Crippen molar-refractivity contribution in [2.24, 2.45) is 4.99 Å². The van der Waals surface area contributed by atoms with Gasteiger partial charge < -0.3 is 5.32 Å². The van der Waals surface area contributed by atoms with Gasteiger partial charge >= 0.3 is 0 Å². The Kier molecular flexibility index (Phi) is 5.48. The lowest BCUT2D eigenvalue weighted by atomic mass is 10.2. The fourth-order valence-corrected chi connectivity index (χ4v) is 3.63. The van der Waals surface area contributed by atoms with Crippen molar-refractivity contribution < 1.29 is 8.42 Å². The van der Waals surface area contributed by atoms with Crippen molar-refractivity contribution in [3.05, 3.63) is 64.1 Å². The van der Waals surface area contributed by atoms with Gasteiger partial charge in [-0.25, -0.2) is 18.1 Å². The van der Waals surface area contributed by atoms with Crippen LogP contribution in [0.1, 0.15) is 5.56 Å². The van der Waals surface area contributed by atoms with Crippen molar-refractivity contribution in [3.63, 3.8) is 0 Å². The number of guanidine groups is 1. The molecule has 9 heteroatoms. The molecule has 0 bridgehead atoms. The highest BCUT2D eigenvalue weighted by atomic mass is 35.5. The van der Waals surface area contributed by atoms with Crippen LogP contribution in [0.5, 0.6) is 0 Å². The van der Waals surface area contributed by atoms with E-state index < -0.39 is 10.0 Å². The summed E-state index contributed by atoms with van der Waals surface area (Å²) >= 11 is 11.9. The smallest absolute Gasteiger partial charge is 0.264 e. The highest BCUT2D eigenvalue weighted by molar-refractivity contribution is 7.90. The minimum atomic E-state index is -3.70. The fourth-order valence-electron chi connectivity index (χ4n) is 2.31. The number of aliphatic imine (C=N–C) groups is 1. The second kappa shape index (κ2) is 7.61. The van der Waals surface area contributed by atoms with Crippen LogP contribution in [0.25, 0.3) is 0 Å². The van der Waals surface area contributed by atoms with Crippen LogP contribution in [0.3, 0.4) is 0 Å². The number of rotatable bonds is 4. The van der Waals surface area contributed by atoms with Crippen LogP contribution in [0.2, 0.25) is 10.0 Å². The maximum atomic E-state index is 12.3. The molecule has 0 unspecified atom stereocenters. The summed E-state index contributed by atoms with van der Waals surface area (Å²) in [6.45, 7) is 1.43. The zero-order valence-electron chi connectivity index (χ0n) is 13.1. The molecule has 0 fully saturated rings. The summed E-state index contributed by atoms with van der Waals surface area (Å²) in [6.07, 6.45) is 0. The van der Waals surface area contributed by atoms with Crippen LogP contribution < -0.4 is 10.0 Å². The van der Waals surface area contributed by atoms with Crippen molar-refractivity contribution >= 4 is 39.2 Å². The van der Waals surface area contributed by atoms with Gasteiger partial charge in [0.05, 0.1) is 18.2 Å². The summed E-state index contributed by atoms with van der Waals surface area (Å²) in [6, 6.07) is 13.5. The van der Waals surface area contributed by atoms with Crippen molar-refractivity contribution in [2.75, 3.05) is 13.3 Å². The molecule has 0 saturated heterocycles. The van der Waals surface area contributed by atoms with Crippen molar-refractivity contribution in [1.82, 2.24) is 14.9 Å². The first-order valence-corrected chi connectivity index (χ1v) is 9.70. The van der Waals surface area contributed by atoms with Crippen molar-refractivity contribution in [1.29, 1.82) is 0 Å². The second-order valence-corrected chi connectivity index (χ2v) is 7.99. The molecule has 25 heavy (non-hydrogen) atoms. The normalized spacial score (nSPS) is 15.4. The quantitative estimate of drug-likeness (QED) is 0.829. The number of nitrogens with one attached hydrogen (secondary N) is 2. The standard InChI is InChI=1S/C16H16Cl2N4O2S/c17-13-5-7-14(8-6-13)25(23,24)21-16-19-10-22(11-20-16)9-12-3-1-2-4-15(12)18/h1-8H,9-11H2,(H2,19,20,21). The molecule has 2 aromatic carbocycles. The molecular weight excluding hydrogens is 383 g/mol. The highest BCUT2D eigenvalue weighted by Gasteiger charge is 2.19. The average molecular weight is 399 g/mol. The Balaban J connectivity index is 1.63. The minimum absolute atomic E-state index is 0.125. The minimum Gasteiger partial charge on any atom is -0.343 e. The third kappa shape index (κ3) is 4.64. The zero-order chi connectivity index (χ0) is 17.9. The second-order valence-electron chi connectivity index (χ2n) is 5.46. The zero-order valence-corrected chi connectivity index (χ0v) is 15.4. The van der Waals surface area contributed by atoms with Crippen LogP contribution >= 0.6 is 23.2 Å². The van der Waals surface area contributed by atoms with E-state index in [1.54, 1.807) is 0 Å². The predicted octanol–water partition coefficient (Wildman–Crippen LogP) is 2.65. The molecule has 0 amide bonds. The van der Waals surface area contributed by atoms with Gasteiger partial charge in [-0.1, -0.05) is 41.4 Å². The Labute approximate surface area is 156 Å². The maximum absolute atomic E-state index is 12.3. The summed E-state index contributed by atoms with van der Waals surface area (Å²) in [5, 5.41) is 4.13. The number of nitrogens with zero attached hydrogens (tertiary/aromatic N) is 2. The summed E-state index contributed by atoms with van der Waals surface area (Å²) in [5.74, 6) is 0.213. The molecule has 0 aliphatic carbocycles. The number of hydrogen-bond donors (Lipinski definition) is 2. The van der Waals surface area contributed by atoms with E-state index >= 15 is 0 Å². The Hall–Kier alpha value is -1.80. The van der Waals surface area contributed by atoms with Crippen LogP contribution in [-0.4, -0.2) is 32.6 Å². The molecule has 2 aromatic rings.